The van der Waals surface area contributed by atoms with E-state index in [-0.39, 0.29) is 5.78 Å². The van der Waals surface area contributed by atoms with Crippen LogP contribution in [-0.2, 0) is 4.79 Å². The van der Waals surface area contributed by atoms with E-state index in [1.165, 1.54) is 5.70 Å². The third-order valence-corrected chi connectivity index (χ3v) is 2.12. The molecule has 2 nitrogen and oxygen atoms in total. The van der Waals surface area contributed by atoms with Crippen LogP contribution in [-0.4, -0.2) is 23.8 Å². The molecule has 0 aromatic heterocycles. The van der Waals surface area contributed by atoms with Crippen LogP contribution >= 0.6 is 0 Å². The standard InChI is InChI=1S/C9H15NO/c1-3-10(4-2)8-5-6-9(11)7-8/h7H,3-6H2,1-2H3. The highest BCUT2D eigenvalue weighted by Gasteiger charge is 2.15. The van der Waals surface area contributed by atoms with Gasteiger partial charge in [-0.25, -0.2) is 0 Å². The highest BCUT2D eigenvalue weighted by molar-refractivity contribution is 5.92. The van der Waals surface area contributed by atoms with Gasteiger partial charge in [-0.1, -0.05) is 0 Å². The van der Waals surface area contributed by atoms with E-state index in [9.17, 15) is 4.79 Å². The van der Waals surface area contributed by atoms with Crippen molar-refractivity contribution in [3.8, 4) is 0 Å². The number of allylic oxidation sites excluding steroid dienone is 2. The average Bonchev–Trinajstić information content (AvgIpc) is 2.39. The minimum absolute atomic E-state index is 0.284. The summed E-state index contributed by atoms with van der Waals surface area (Å²) in [7, 11) is 0. The van der Waals surface area contributed by atoms with Gasteiger partial charge in [0.15, 0.2) is 5.78 Å². The van der Waals surface area contributed by atoms with E-state index in [1.807, 2.05) is 0 Å². The van der Waals surface area contributed by atoms with Crippen molar-refractivity contribution in [1.82, 2.24) is 4.90 Å². The molecule has 0 unspecified atom stereocenters. The van der Waals surface area contributed by atoms with Crippen molar-refractivity contribution >= 4 is 5.78 Å². The van der Waals surface area contributed by atoms with Gasteiger partial charge in [0.25, 0.3) is 0 Å². The van der Waals surface area contributed by atoms with Crippen molar-refractivity contribution in [3.05, 3.63) is 11.8 Å². The molecule has 0 spiro atoms. The summed E-state index contributed by atoms with van der Waals surface area (Å²) in [6, 6.07) is 0. The van der Waals surface area contributed by atoms with Crippen LogP contribution in [0.3, 0.4) is 0 Å². The minimum atomic E-state index is 0.284. The molecule has 1 aliphatic rings. The molecule has 0 N–H and O–H groups in total. The summed E-state index contributed by atoms with van der Waals surface area (Å²) in [5, 5.41) is 0. The Hall–Kier alpha value is -0.790. The van der Waals surface area contributed by atoms with Crippen LogP contribution in [0, 0.1) is 0 Å². The molecule has 0 saturated carbocycles. The first kappa shape index (κ1) is 8.31. The van der Waals surface area contributed by atoms with Crippen LogP contribution in [0.15, 0.2) is 11.8 Å². The Labute approximate surface area is 67.9 Å². The summed E-state index contributed by atoms with van der Waals surface area (Å²) in [6.45, 7) is 6.26. The van der Waals surface area contributed by atoms with E-state index >= 15 is 0 Å². The van der Waals surface area contributed by atoms with Gasteiger partial charge in [0.2, 0.25) is 0 Å². The minimum Gasteiger partial charge on any atom is -0.375 e. The largest absolute Gasteiger partial charge is 0.375 e. The van der Waals surface area contributed by atoms with Crippen LogP contribution in [0.4, 0.5) is 0 Å². The Morgan fingerprint density at radius 3 is 2.36 bits per heavy atom. The zero-order valence-corrected chi connectivity index (χ0v) is 7.26. The molecule has 1 rings (SSSR count). The van der Waals surface area contributed by atoms with Gasteiger partial charge in [0.05, 0.1) is 0 Å². The van der Waals surface area contributed by atoms with Crippen LogP contribution in [0.25, 0.3) is 0 Å². The van der Waals surface area contributed by atoms with Crippen LogP contribution in [0.1, 0.15) is 26.7 Å². The van der Waals surface area contributed by atoms with E-state index in [4.69, 9.17) is 0 Å². The van der Waals surface area contributed by atoms with Gasteiger partial charge in [-0.15, -0.1) is 0 Å². The van der Waals surface area contributed by atoms with Crippen molar-refractivity contribution in [2.45, 2.75) is 26.7 Å². The predicted molar refractivity (Wildman–Crippen MR) is 45.2 cm³/mol. The molecule has 0 fully saturated rings. The van der Waals surface area contributed by atoms with E-state index < -0.39 is 0 Å². The molecule has 0 atom stereocenters. The molecule has 62 valence electrons. The monoisotopic (exact) mass is 153 g/mol. The summed E-state index contributed by atoms with van der Waals surface area (Å²) < 4.78 is 0. The van der Waals surface area contributed by atoms with Gasteiger partial charge in [0.1, 0.15) is 0 Å². The van der Waals surface area contributed by atoms with E-state index in [0.717, 1.165) is 19.5 Å². The lowest BCUT2D eigenvalue weighted by Crippen LogP contribution is -2.20. The van der Waals surface area contributed by atoms with Gasteiger partial charge in [-0.3, -0.25) is 4.79 Å². The fourth-order valence-electron chi connectivity index (χ4n) is 1.46. The molecular weight excluding hydrogens is 138 g/mol. The van der Waals surface area contributed by atoms with Crippen molar-refractivity contribution in [1.29, 1.82) is 0 Å². The second-order valence-corrected chi connectivity index (χ2v) is 2.77. The normalized spacial score (nSPS) is 16.9. The highest BCUT2D eigenvalue weighted by atomic mass is 16.1. The first-order chi connectivity index (χ1) is 5.27. The zero-order valence-electron chi connectivity index (χ0n) is 7.26. The van der Waals surface area contributed by atoms with Crippen molar-refractivity contribution in [3.63, 3.8) is 0 Å². The summed E-state index contributed by atoms with van der Waals surface area (Å²) in [5.74, 6) is 0.284. The highest BCUT2D eigenvalue weighted by Crippen LogP contribution is 2.18. The number of ketones is 1. The number of rotatable bonds is 3. The maximum atomic E-state index is 10.9. The topological polar surface area (TPSA) is 20.3 Å². The summed E-state index contributed by atoms with van der Waals surface area (Å²) in [5.41, 5.74) is 1.22. The molecule has 0 aromatic rings. The van der Waals surface area contributed by atoms with Crippen LogP contribution < -0.4 is 0 Å². The maximum Gasteiger partial charge on any atom is 0.157 e. The second kappa shape index (κ2) is 3.56. The molecule has 0 aliphatic heterocycles. The van der Waals surface area contributed by atoms with Gasteiger partial charge in [-0.2, -0.15) is 0 Å². The smallest absolute Gasteiger partial charge is 0.157 e. The third-order valence-electron chi connectivity index (χ3n) is 2.12. The van der Waals surface area contributed by atoms with Crippen molar-refractivity contribution in [2.24, 2.45) is 0 Å². The summed E-state index contributed by atoms with van der Waals surface area (Å²) in [6.07, 6.45) is 3.44. The molecular formula is C9H15NO. The molecule has 1 aliphatic carbocycles. The molecule has 0 amide bonds. The average molecular weight is 153 g/mol. The summed E-state index contributed by atoms with van der Waals surface area (Å²) >= 11 is 0. The van der Waals surface area contributed by atoms with Gasteiger partial charge in [0, 0.05) is 31.3 Å². The van der Waals surface area contributed by atoms with E-state index in [2.05, 4.69) is 18.7 Å². The SMILES string of the molecule is CCN(CC)C1=CC(=O)CC1. The fourth-order valence-corrected chi connectivity index (χ4v) is 1.46. The number of hydrogen-bond donors (Lipinski definition) is 0. The van der Waals surface area contributed by atoms with Gasteiger partial charge >= 0.3 is 0 Å². The molecule has 11 heavy (non-hydrogen) atoms. The van der Waals surface area contributed by atoms with Crippen molar-refractivity contribution in [2.75, 3.05) is 13.1 Å². The maximum absolute atomic E-state index is 10.9. The number of hydrogen-bond acceptors (Lipinski definition) is 2. The Morgan fingerprint density at radius 1 is 1.36 bits per heavy atom. The molecule has 0 radical (unpaired) electrons. The fraction of sp³-hybridized carbons (Fsp3) is 0.667. The predicted octanol–water partition coefficient (Wildman–Crippen LogP) is 1.57. The zero-order chi connectivity index (χ0) is 8.27. The number of nitrogens with zero attached hydrogens (tertiary/aromatic N) is 1. The molecule has 0 aromatic carbocycles. The van der Waals surface area contributed by atoms with Gasteiger partial charge in [-0.05, 0) is 20.3 Å². The third kappa shape index (κ3) is 1.82. The lowest BCUT2D eigenvalue weighted by molar-refractivity contribution is -0.114. The molecule has 0 bridgehead atoms. The number of carbonyl (C=O) groups excluding carboxylic acids is 1. The second-order valence-electron chi connectivity index (χ2n) is 2.77. The van der Waals surface area contributed by atoms with Crippen LogP contribution in [0.2, 0.25) is 0 Å². The Bertz CT molecular complexity index is 180. The Balaban J connectivity index is 2.58. The van der Waals surface area contributed by atoms with Crippen molar-refractivity contribution < 1.29 is 4.79 Å². The first-order valence-electron chi connectivity index (χ1n) is 4.26. The molecule has 0 heterocycles. The van der Waals surface area contributed by atoms with Gasteiger partial charge < -0.3 is 4.90 Å². The Morgan fingerprint density at radius 2 is 2.00 bits per heavy atom. The lowest BCUT2D eigenvalue weighted by Gasteiger charge is -2.21. The van der Waals surface area contributed by atoms with Crippen LogP contribution in [0.5, 0.6) is 0 Å². The van der Waals surface area contributed by atoms with E-state index in [1.54, 1.807) is 6.08 Å². The summed E-state index contributed by atoms with van der Waals surface area (Å²) in [4.78, 5) is 13.1. The first-order valence-corrected chi connectivity index (χ1v) is 4.26. The molecule has 0 saturated heterocycles. The lowest BCUT2D eigenvalue weighted by atomic mass is 10.3. The number of carbonyl (C=O) groups is 1. The Kier molecular flexibility index (Phi) is 2.69. The van der Waals surface area contributed by atoms with E-state index in [0.29, 0.717) is 6.42 Å². The quantitative estimate of drug-likeness (QED) is 0.613. The molecule has 2 heteroatoms.